The lowest BCUT2D eigenvalue weighted by Crippen LogP contribution is -2.15. The molecule has 21 heavy (non-hydrogen) atoms. The molecule has 3 nitrogen and oxygen atoms in total. The van der Waals surface area contributed by atoms with Crippen molar-refractivity contribution in [1.29, 1.82) is 0 Å². The van der Waals surface area contributed by atoms with Gasteiger partial charge in [-0.25, -0.2) is 13.2 Å². The Kier molecular flexibility index (Phi) is 4.09. The molecule has 7 heteroatoms. The predicted octanol–water partition coefficient (Wildman–Crippen LogP) is 3.90. The third-order valence-corrected chi connectivity index (χ3v) is 3.25. The maximum atomic E-state index is 13.8. The highest BCUT2D eigenvalue weighted by Gasteiger charge is 2.18. The van der Waals surface area contributed by atoms with Gasteiger partial charge in [0, 0.05) is 11.3 Å². The van der Waals surface area contributed by atoms with E-state index >= 15 is 0 Å². The average Bonchev–Trinajstić information content (AvgIpc) is 2.43. The molecule has 110 valence electrons. The summed E-state index contributed by atoms with van der Waals surface area (Å²) in [6.45, 7) is 1.23. The average molecular weight is 315 g/mol. The highest BCUT2D eigenvalue weighted by atomic mass is 35.5. The van der Waals surface area contributed by atoms with E-state index in [2.05, 4.69) is 5.32 Å². The fraction of sp³-hybridized carbons (Fsp3) is 0.0714. The van der Waals surface area contributed by atoms with Crippen LogP contribution in [0.5, 0.6) is 0 Å². The number of nitrogen functional groups attached to an aromatic ring is 1. The monoisotopic (exact) mass is 314 g/mol. The van der Waals surface area contributed by atoms with E-state index in [9.17, 15) is 18.0 Å². The van der Waals surface area contributed by atoms with Crippen LogP contribution in [0.4, 0.5) is 24.5 Å². The molecule has 0 bridgehead atoms. The van der Waals surface area contributed by atoms with E-state index in [1.807, 2.05) is 0 Å². The number of hydrogen-bond donors (Lipinski definition) is 2. The molecular formula is C14H10ClF3N2O. The van der Waals surface area contributed by atoms with Crippen LogP contribution in [0.15, 0.2) is 24.3 Å². The van der Waals surface area contributed by atoms with Crippen molar-refractivity contribution in [3.8, 4) is 0 Å². The third kappa shape index (κ3) is 2.95. The van der Waals surface area contributed by atoms with Crippen LogP contribution < -0.4 is 11.1 Å². The van der Waals surface area contributed by atoms with Gasteiger partial charge in [0.25, 0.3) is 5.91 Å². The summed E-state index contributed by atoms with van der Waals surface area (Å²) in [5.41, 5.74) is 4.71. The summed E-state index contributed by atoms with van der Waals surface area (Å²) >= 11 is 5.68. The maximum Gasteiger partial charge on any atom is 0.257 e. The largest absolute Gasteiger partial charge is 0.399 e. The summed E-state index contributed by atoms with van der Waals surface area (Å²) in [6.07, 6.45) is 0. The van der Waals surface area contributed by atoms with Crippen LogP contribution in [-0.4, -0.2) is 5.91 Å². The highest BCUT2D eigenvalue weighted by molar-refractivity contribution is 6.34. The first-order valence-corrected chi connectivity index (χ1v) is 6.19. The second-order valence-corrected chi connectivity index (χ2v) is 4.73. The van der Waals surface area contributed by atoms with Crippen molar-refractivity contribution >= 4 is 28.9 Å². The number of halogens is 4. The zero-order valence-electron chi connectivity index (χ0n) is 10.8. The fourth-order valence-corrected chi connectivity index (χ4v) is 1.92. The van der Waals surface area contributed by atoms with E-state index in [-0.39, 0.29) is 22.5 Å². The fourth-order valence-electron chi connectivity index (χ4n) is 1.72. The van der Waals surface area contributed by atoms with Crippen molar-refractivity contribution < 1.29 is 18.0 Å². The number of carbonyl (C=O) groups excluding carboxylic acids is 1. The SMILES string of the molecule is Cc1c(F)ccc(NC(=O)c2cc(N)cc(F)c2Cl)c1F. The van der Waals surface area contributed by atoms with Crippen LogP contribution >= 0.6 is 11.6 Å². The summed E-state index contributed by atoms with van der Waals surface area (Å²) in [5, 5.41) is 1.77. The summed E-state index contributed by atoms with van der Waals surface area (Å²) < 4.78 is 40.4. The van der Waals surface area contributed by atoms with Crippen molar-refractivity contribution in [2.45, 2.75) is 6.92 Å². The molecule has 0 saturated heterocycles. The second kappa shape index (κ2) is 5.65. The molecule has 2 rings (SSSR count). The number of amides is 1. The molecule has 3 N–H and O–H groups in total. The lowest BCUT2D eigenvalue weighted by molar-refractivity contribution is 0.102. The Hall–Kier alpha value is -2.21. The Morgan fingerprint density at radius 2 is 1.86 bits per heavy atom. The molecule has 0 atom stereocenters. The molecule has 1 amide bonds. The molecule has 0 aromatic heterocycles. The van der Waals surface area contributed by atoms with Crippen LogP contribution in [0.2, 0.25) is 5.02 Å². The lowest BCUT2D eigenvalue weighted by Gasteiger charge is -2.10. The number of nitrogens with two attached hydrogens (primary N) is 1. The topological polar surface area (TPSA) is 55.1 Å². The molecule has 0 aliphatic rings. The Bertz CT molecular complexity index is 735. The number of benzene rings is 2. The minimum atomic E-state index is -0.913. The van der Waals surface area contributed by atoms with Crippen LogP contribution in [0.3, 0.4) is 0 Å². The van der Waals surface area contributed by atoms with Crippen LogP contribution in [-0.2, 0) is 0 Å². The molecule has 0 aliphatic heterocycles. The number of hydrogen-bond acceptors (Lipinski definition) is 2. The van der Waals surface area contributed by atoms with Gasteiger partial charge < -0.3 is 11.1 Å². The van der Waals surface area contributed by atoms with Gasteiger partial charge in [0.1, 0.15) is 11.6 Å². The van der Waals surface area contributed by atoms with E-state index in [1.165, 1.54) is 6.92 Å². The Morgan fingerprint density at radius 3 is 2.52 bits per heavy atom. The van der Waals surface area contributed by atoms with E-state index in [0.717, 1.165) is 24.3 Å². The molecule has 0 aliphatic carbocycles. The van der Waals surface area contributed by atoms with Crippen LogP contribution in [0.1, 0.15) is 15.9 Å². The van der Waals surface area contributed by atoms with Gasteiger partial charge in [-0.05, 0) is 31.2 Å². The zero-order chi connectivity index (χ0) is 15.7. The van der Waals surface area contributed by atoms with Crippen molar-refractivity contribution in [3.63, 3.8) is 0 Å². The van der Waals surface area contributed by atoms with E-state index in [1.54, 1.807) is 0 Å². The van der Waals surface area contributed by atoms with Gasteiger partial charge in [-0.15, -0.1) is 0 Å². The standard InChI is InChI=1S/C14H10ClF3N2O/c1-6-9(16)2-3-11(13(6)18)20-14(21)8-4-7(19)5-10(17)12(8)15/h2-5H,19H2,1H3,(H,20,21). The van der Waals surface area contributed by atoms with Gasteiger partial charge >= 0.3 is 0 Å². The number of nitrogens with one attached hydrogen (secondary N) is 1. The van der Waals surface area contributed by atoms with Gasteiger partial charge in [0.15, 0.2) is 5.82 Å². The lowest BCUT2D eigenvalue weighted by atomic mass is 10.1. The van der Waals surface area contributed by atoms with Crippen LogP contribution in [0.25, 0.3) is 0 Å². The van der Waals surface area contributed by atoms with Gasteiger partial charge in [0.05, 0.1) is 16.3 Å². The van der Waals surface area contributed by atoms with E-state index in [0.29, 0.717) is 0 Å². The summed E-state index contributed by atoms with van der Waals surface area (Å²) in [7, 11) is 0. The first-order valence-electron chi connectivity index (χ1n) is 5.81. The second-order valence-electron chi connectivity index (χ2n) is 4.35. The molecule has 0 heterocycles. The van der Waals surface area contributed by atoms with Gasteiger partial charge in [0.2, 0.25) is 0 Å². The summed E-state index contributed by atoms with van der Waals surface area (Å²) in [6, 6.07) is 4.19. The Balaban J connectivity index is 2.37. The summed E-state index contributed by atoms with van der Waals surface area (Å²) in [4.78, 5) is 12.0. The predicted molar refractivity (Wildman–Crippen MR) is 74.9 cm³/mol. The zero-order valence-corrected chi connectivity index (χ0v) is 11.6. The summed E-state index contributed by atoms with van der Waals surface area (Å²) in [5.74, 6) is -3.36. The smallest absolute Gasteiger partial charge is 0.257 e. The Labute approximate surface area is 123 Å². The molecular weight excluding hydrogens is 305 g/mol. The van der Waals surface area contributed by atoms with Crippen molar-refractivity contribution in [1.82, 2.24) is 0 Å². The molecule has 0 saturated carbocycles. The van der Waals surface area contributed by atoms with E-state index in [4.69, 9.17) is 17.3 Å². The normalized spacial score (nSPS) is 10.5. The number of rotatable bonds is 2. The molecule has 0 spiro atoms. The van der Waals surface area contributed by atoms with Crippen molar-refractivity contribution in [2.24, 2.45) is 0 Å². The highest BCUT2D eigenvalue weighted by Crippen LogP contribution is 2.26. The van der Waals surface area contributed by atoms with Gasteiger partial charge in [-0.1, -0.05) is 11.6 Å². The first kappa shape index (κ1) is 15.2. The first-order chi connectivity index (χ1) is 9.81. The van der Waals surface area contributed by atoms with E-state index < -0.39 is 28.4 Å². The molecule has 2 aromatic rings. The van der Waals surface area contributed by atoms with Gasteiger partial charge in [-0.3, -0.25) is 4.79 Å². The maximum absolute atomic E-state index is 13.8. The van der Waals surface area contributed by atoms with Crippen molar-refractivity contribution in [3.05, 3.63) is 57.9 Å². The quantitative estimate of drug-likeness (QED) is 0.826. The number of carbonyl (C=O) groups is 1. The molecule has 0 unspecified atom stereocenters. The third-order valence-electron chi connectivity index (χ3n) is 2.86. The number of anilines is 2. The Morgan fingerprint density at radius 1 is 1.19 bits per heavy atom. The van der Waals surface area contributed by atoms with Crippen LogP contribution in [0, 0.1) is 24.4 Å². The molecule has 0 radical (unpaired) electrons. The molecule has 0 fully saturated rings. The minimum Gasteiger partial charge on any atom is -0.399 e. The van der Waals surface area contributed by atoms with Gasteiger partial charge in [-0.2, -0.15) is 0 Å². The minimum absolute atomic E-state index is 0.00203. The molecule has 2 aromatic carbocycles. The van der Waals surface area contributed by atoms with Crippen molar-refractivity contribution in [2.75, 3.05) is 11.1 Å².